The molecule has 2 nitrogen and oxygen atoms in total. The lowest BCUT2D eigenvalue weighted by Crippen LogP contribution is -2.38. The summed E-state index contributed by atoms with van der Waals surface area (Å²) in [6, 6.07) is 5.04. The number of rotatable bonds is 3. The van der Waals surface area contributed by atoms with Gasteiger partial charge in [-0.25, -0.2) is 4.39 Å². The molecule has 0 spiro atoms. The number of hydrogen-bond acceptors (Lipinski definition) is 2. The Morgan fingerprint density at radius 3 is 2.94 bits per heavy atom. The van der Waals surface area contributed by atoms with Gasteiger partial charge in [-0.15, -0.1) is 0 Å². The third-order valence-corrected chi connectivity index (χ3v) is 4.48. The molecule has 2 bridgehead atoms. The molecule has 2 saturated heterocycles. The summed E-state index contributed by atoms with van der Waals surface area (Å²) in [5.74, 6) is 0.0285. The van der Waals surface area contributed by atoms with Crippen molar-refractivity contribution in [3.8, 4) is 0 Å². The van der Waals surface area contributed by atoms with E-state index in [0.717, 1.165) is 19.3 Å². The third kappa shape index (κ3) is 2.15. The molecule has 4 atom stereocenters. The minimum atomic E-state index is -0.335. The van der Waals surface area contributed by atoms with Crippen molar-refractivity contribution >= 4 is 11.6 Å². The molecule has 3 rings (SSSR count). The van der Waals surface area contributed by atoms with Gasteiger partial charge in [-0.05, 0) is 37.3 Å². The molecule has 1 aromatic rings. The van der Waals surface area contributed by atoms with Gasteiger partial charge in [0.1, 0.15) is 5.82 Å². The Balaban J connectivity index is 1.71. The summed E-state index contributed by atoms with van der Waals surface area (Å²) in [5, 5.41) is 0.170. The van der Waals surface area contributed by atoms with Crippen molar-refractivity contribution in [3.63, 3.8) is 0 Å². The molecule has 0 saturated carbocycles. The largest absolute Gasteiger partial charge is 0.375 e. The predicted molar refractivity (Wildman–Crippen MR) is 69.1 cm³/mol. The molecular formula is C14H17ClFNO. The van der Waals surface area contributed by atoms with Crippen molar-refractivity contribution in [3.05, 3.63) is 34.6 Å². The van der Waals surface area contributed by atoms with Gasteiger partial charge in [-0.1, -0.05) is 23.7 Å². The monoisotopic (exact) mass is 269 g/mol. The highest BCUT2D eigenvalue weighted by molar-refractivity contribution is 6.30. The average molecular weight is 270 g/mol. The van der Waals surface area contributed by atoms with Crippen molar-refractivity contribution in [2.45, 2.75) is 43.9 Å². The zero-order chi connectivity index (χ0) is 12.7. The molecule has 0 aliphatic carbocycles. The summed E-state index contributed by atoms with van der Waals surface area (Å²) in [5.41, 5.74) is 6.84. The minimum absolute atomic E-state index is 0.0479. The smallest absolute Gasteiger partial charge is 0.145 e. The second-order valence-corrected chi connectivity index (χ2v) is 5.76. The normalized spacial score (nSPS) is 31.8. The zero-order valence-corrected chi connectivity index (χ0v) is 10.9. The van der Waals surface area contributed by atoms with Gasteiger partial charge in [0.15, 0.2) is 0 Å². The molecule has 98 valence electrons. The fourth-order valence-electron chi connectivity index (χ4n) is 3.24. The van der Waals surface area contributed by atoms with E-state index in [9.17, 15) is 4.39 Å². The molecule has 0 aromatic heterocycles. The van der Waals surface area contributed by atoms with E-state index in [1.807, 2.05) is 0 Å². The van der Waals surface area contributed by atoms with Crippen molar-refractivity contribution in [2.75, 3.05) is 0 Å². The van der Waals surface area contributed by atoms with Gasteiger partial charge in [0.2, 0.25) is 0 Å². The van der Waals surface area contributed by atoms with Crippen LogP contribution in [-0.2, 0) is 11.2 Å². The van der Waals surface area contributed by atoms with Crippen LogP contribution in [0.3, 0.4) is 0 Å². The number of ether oxygens (including phenoxy) is 1. The predicted octanol–water partition coefficient (Wildman–Crippen LogP) is 2.92. The van der Waals surface area contributed by atoms with Crippen molar-refractivity contribution < 1.29 is 9.13 Å². The lowest BCUT2D eigenvalue weighted by molar-refractivity contribution is 0.0884. The minimum Gasteiger partial charge on any atom is -0.375 e. The summed E-state index contributed by atoms with van der Waals surface area (Å²) in [4.78, 5) is 0. The van der Waals surface area contributed by atoms with Gasteiger partial charge in [-0.2, -0.15) is 0 Å². The summed E-state index contributed by atoms with van der Waals surface area (Å²) in [7, 11) is 0. The molecule has 2 aliphatic rings. The molecule has 4 unspecified atom stereocenters. The van der Waals surface area contributed by atoms with Crippen molar-refractivity contribution in [2.24, 2.45) is 11.7 Å². The number of halogens is 2. The molecular weight excluding hydrogens is 253 g/mol. The molecule has 0 radical (unpaired) electrons. The van der Waals surface area contributed by atoms with E-state index in [1.54, 1.807) is 18.2 Å². The molecule has 18 heavy (non-hydrogen) atoms. The van der Waals surface area contributed by atoms with Crippen molar-refractivity contribution in [1.82, 2.24) is 0 Å². The van der Waals surface area contributed by atoms with Crippen LogP contribution in [0.4, 0.5) is 4.39 Å². The first-order valence-corrected chi connectivity index (χ1v) is 6.87. The highest BCUT2D eigenvalue weighted by Gasteiger charge is 2.43. The summed E-state index contributed by atoms with van der Waals surface area (Å²) < 4.78 is 19.6. The van der Waals surface area contributed by atoms with E-state index in [0.29, 0.717) is 24.0 Å². The maximum Gasteiger partial charge on any atom is 0.145 e. The van der Waals surface area contributed by atoms with Gasteiger partial charge < -0.3 is 10.5 Å². The maximum absolute atomic E-state index is 13.8. The van der Waals surface area contributed by atoms with Crippen LogP contribution in [0.25, 0.3) is 0 Å². The SMILES string of the molecule is NC(Cc1cccc(Cl)c1F)C1CC2CCC1O2. The van der Waals surface area contributed by atoms with Crippen LogP contribution in [0.2, 0.25) is 5.02 Å². The molecule has 2 N–H and O–H groups in total. The Kier molecular flexibility index (Phi) is 3.31. The molecule has 2 aliphatic heterocycles. The van der Waals surface area contributed by atoms with E-state index < -0.39 is 0 Å². The second-order valence-electron chi connectivity index (χ2n) is 5.35. The first-order valence-electron chi connectivity index (χ1n) is 6.49. The van der Waals surface area contributed by atoms with E-state index >= 15 is 0 Å². The average Bonchev–Trinajstić information content (AvgIpc) is 2.97. The maximum atomic E-state index is 13.8. The van der Waals surface area contributed by atoms with Crippen LogP contribution in [0.5, 0.6) is 0 Å². The summed E-state index contributed by atoms with van der Waals surface area (Å²) in [6.45, 7) is 0. The van der Waals surface area contributed by atoms with Crippen LogP contribution in [0.15, 0.2) is 18.2 Å². The highest BCUT2D eigenvalue weighted by Crippen LogP contribution is 2.40. The third-order valence-electron chi connectivity index (χ3n) is 4.19. The topological polar surface area (TPSA) is 35.2 Å². The molecule has 2 fully saturated rings. The number of hydrogen-bond donors (Lipinski definition) is 1. The lowest BCUT2D eigenvalue weighted by Gasteiger charge is -2.25. The van der Waals surface area contributed by atoms with Gasteiger partial charge in [0, 0.05) is 12.0 Å². The summed E-state index contributed by atoms with van der Waals surface area (Å²) in [6.07, 6.45) is 4.47. The van der Waals surface area contributed by atoms with Crippen LogP contribution < -0.4 is 5.73 Å². The van der Waals surface area contributed by atoms with Crippen molar-refractivity contribution in [1.29, 1.82) is 0 Å². The van der Waals surface area contributed by atoms with Gasteiger partial charge >= 0.3 is 0 Å². The fourth-order valence-corrected chi connectivity index (χ4v) is 3.43. The molecule has 1 aromatic carbocycles. The Hall–Kier alpha value is -0.640. The zero-order valence-electron chi connectivity index (χ0n) is 10.1. The molecule has 2 heterocycles. The standard InChI is InChI=1S/C14H17ClFNO/c15-11-3-1-2-8(14(11)16)6-12(17)10-7-9-4-5-13(10)18-9/h1-3,9-10,12-13H,4-7,17H2. The second kappa shape index (κ2) is 4.80. The highest BCUT2D eigenvalue weighted by atomic mass is 35.5. The van der Waals surface area contributed by atoms with Gasteiger partial charge in [0.05, 0.1) is 17.2 Å². The van der Waals surface area contributed by atoms with E-state index in [4.69, 9.17) is 22.1 Å². The number of benzene rings is 1. The fraction of sp³-hybridized carbons (Fsp3) is 0.571. The number of fused-ring (bicyclic) bond motifs is 2. The first kappa shape index (κ1) is 12.4. The van der Waals surface area contributed by atoms with Gasteiger partial charge in [-0.3, -0.25) is 0 Å². The lowest BCUT2D eigenvalue weighted by atomic mass is 9.82. The quantitative estimate of drug-likeness (QED) is 0.916. The van der Waals surface area contributed by atoms with Crippen LogP contribution in [-0.4, -0.2) is 18.2 Å². The first-order chi connectivity index (χ1) is 8.65. The molecule has 0 amide bonds. The van der Waals surface area contributed by atoms with E-state index in [2.05, 4.69) is 0 Å². The number of nitrogens with two attached hydrogens (primary N) is 1. The Morgan fingerprint density at radius 1 is 1.44 bits per heavy atom. The van der Waals surface area contributed by atoms with Gasteiger partial charge in [0.25, 0.3) is 0 Å². The Bertz CT molecular complexity index is 453. The van der Waals surface area contributed by atoms with E-state index in [1.165, 1.54) is 0 Å². The van der Waals surface area contributed by atoms with E-state index in [-0.39, 0.29) is 23.0 Å². The molecule has 4 heteroatoms. The van der Waals surface area contributed by atoms with Crippen LogP contribution in [0, 0.1) is 11.7 Å². The van der Waals surface area contributed by atoms with Crippen LogP contribution >= 0.6 is 11.6 Å². The van der Waals surface area contributed by atoms with Crippen LogP contribution in [0.1, 0.15) is 24.8 Å². The Labute approximate surface area is 111 Å². The Morgan fingerprint density at radius 2 is 2.28 bits per heavy atom. The summed E-state index contributed by atoms with van der Waals surface area (Å²) >= 11 is 5.78.